The Labute approximate surface area is 157 Å². The first-order valence-electron chi connectivity index (χ1n) is 9.27. The lowest BCUT2D eigenvalue weighted by atomic mass is 10.0. The van der Waals surface area contributed by atoms with E-state index in [0.717, 1.165) is 31.4 Å². The topological polar surface area (TPSA) is 114 Å². The molecule has 1 aliphatic carbocycles. The van der Waals surface area contributed by atoms with Gasteiger partial charge in [0.05, 0.1) is 11.8 Å². The van der Waals surface area contributed by atoms with Crippen LogP contribution < -0.4 is 10.6 Å². The Morgan fingerprint density at radius 1 is 1.44 bits per heavy atom. The molecule has 2 aromatic rings. The molecule has 3 rings (SSSR count). The van der Waals surface area contributed by atoms with Crippen molar-refractivity contribution >= 4 is 17.8 Å². The number of ether oxygens (including phenoxy) is 1. The number of nitrogens with one attached hydrogen (secondary N) is 3. The third-order valence-corrected chi connectivity index (χ3v) is 4.88. The van der Waals surface area contributed by atoms with Crippen LogP contribution in [0.15, 0.2) is 18.5 Å². The Balaban J connectivity index is 1.51. The van der Waals surface area contributed by atoms with E-state index in [0.29, 0.717) is 11.4 Å². The molecule has 1 aliphatic rings. The van der Waals surface area contributed by atoms with Gasteiger partial charge in [-0.25, -0.2) is 4.79 Å². The van der Waals surface area contributed by atoms with Gasteiger partial charge in [0, 0.05) is 37.0 Å². The van der Waals surface area contributed by atoms with Crippen LogP contribution in [0.3, 0.4) is 0 Å². The molecule has 0 unspecified atom stereocenters. The van der Waals surface area contributed by atoms with E-state index in [9.17, 15) is 9.59 Å². The summed E-state index contributed by atoms with van der Waals surface area (Å²) in [5.74, 6) is 0.441. The predicted octanol–water partition coefficient (Wildman–Crippen LogP) is 2.56. The molecule has 0 spiro atoms. The highest BCUT2D eigenvalue weighted by atomic mass is 16.6. The molecule has 0 bridgehead atoms. The van der Waals surface area contributed by atoms with Gasteiger partial charge in [0.2, 0.25) is 0 Å². The number of carbonyl (C=O) groups is 2. The molecule has 9 heteroatoms. The summed E-state index contributed by atoms with van der Waals surface area (Å²) in [6.07, 6.45) is 6.02. The highest BCUT2D eigenvalue weighted by Crippen LogP contribution is 2.35. The highest BCUT2D eigenvalue weighted by Gasteiger charge is 2.30. The van der Waals surface area contributed by atoms with E-state index in [1.165, 1.54) is 6.20 Å². The normalized spacial score (nSPS) is 20.3. The Bertz CT molecular complexity index is 799. The molecule has 0 radical (unpaired) electrons. The number of rotatable bonds is 6. The van der Waals surface area contributed by atoms with E-state index in [-0.39, 0.29) is 30.1 Å². The monoisotopic (exact) mass is 374 g/mol. The predicted molar refractivity (Wildman–Crippen MR) is 99.5 cm³/mol. The standard InChI is InChI=1S/C18H26N6O3/c1-4-11(2)20-18(26)27-14-6-5-12(7-14)15-8-16(23-22-15)21-17(25)13-9-19-24(3)10-13/h8-12,14H,4-7H2,1-3H3,(H,20,26)(H2,21,22,23,25)/t11-,12-,14+/m0/s1. The lowest BCUT2D eigenvalue weighted by molar-refractivity contribution is 0.0972. The van der Waals surface area contributed by atoms with Crippen LogP contribution in [0.1, 0.15) is 61.5 Å². The van der Waals surface area contributed by atoms with Crippen LogP contribution in [0.2, 0.25) is 0 Å². The van der Waals surface area contributed by atoms with Crippen molar-refractivity contribution in [2.45, 2.75) is 57.6 Å². The van der Waals surface area contributed by atoms with E-state index < -0.39 is 0 Å². The number of alkyl carbamates (subject to hydrolysis) is 1. The molecule has 27 heavy (non-hydrogen) atoms. The molecule has 3 N–H and O–H groups in total. The maximum absolute atomic E-state index is 12.2. The summed E-state index contributed by atoms with van der Waals surface area (Å²) in [4.78, 5) is 24.0. The van der Waals surface area contributed by atoms with Crippen molar-refractivity contribution in [3.8, 4) is 0 Å². The third-order valence-electron chi connectivity index (χ3n) is 4.88. The van der Waals surface area contributed by atoms with Crippen molar-refractivity contribution < 1.29 is 14.3 Å². The summed E-state index contributed by atoms with van der Waals surface area (Å²) in [6, 6.07) is 1.94. The number of nitrogens with zero attached hydrogens (tertiary/aromatic N) is 3. The van der Waals surface area contributed by atoms with Crippen LogP contribution in [-0.4, -0.2) is 44.1 Å². The Morgan fingerprint density at radius 3 is 2.96 bits per heavy atom. The van der Waals surface area contributed by atoms with Crippen molar-refractivity contribution in [2.24, 2.45) is 7.05 Å². The summed E-state index contributed by atoms with van der Waals surface area (Å²) in [7, 11) is 1.76. The molecule has 2 heterocycles. The first kappa shape index (κ1) is 18.9. The summed E-state index contributed by atoms with van der Waals surface area (Å²) in [5.41, 5.74) is 1.41. The largest absolute Gasteiger partial charge is 0.446 e. The Kier molecular flexibility index (Phi) is 5.78. The van der Waals surface area contributed by atoms with Gasteiger partial charge >= 0.3 is 6.09 Å². The second-order valence-electron chi connectivity index (χ2n) is 7.06. The maximum Gasteiger partial charge on any atom is 0.407 e. The van der Waals surface area contributed by atoms with Crippen molar-refractivity contribution in [2.75, 3.05) is 5.32 Å². The summed E-state index contributed by atoms with van der Waals surface area (Å²) >= 11 is 0. The molecule has 0 aliphatic heterocycles. The van der Waals surface area contributed by atoms with Gasteiger partial charge in [0.25, 0.3) is 5.91 Å². The summed E-state index contributed by atoms with van der Waals surface area (Å²) < 4.78 is 7.07. The second kappa shape index (κ2) is 8.24. The van der Waals surface area contributed by atoms with Crippen LogP contribution in [0.25, 0.3) is 0 Å². The number of aryl methyl sites for hydroxylation is 1. The number of hydrogen-bond acceptors (Lipinski definition) is 5. The molecule has 2 aromatic heterocycles. The first-order valence-corrected chi connectivity index (χ1v) is 9.27. The third kappa shape index (κ3) is 4.87. The van der Waals surface area contributed by atoms with Gasteiger partial charge in [0.15, 0.2) is 5.82 Å². The van der Waals surface area contributed by atoms with Crippen LogP contribution in [0, 0.1) is 0 Å². The lowest BCUT2D eigenvalue weighted by Crippen LogP contribution is -2.34. The number of amides is 2. The fourth-order valence-corrected chi connectivity index (χ4v) is 3.16. The summed E-state index contributed by atoms with van der Waals surface area (Å²) in [5, 5.41) is 16.7. The Hall–Kier alpha value is -2.84. The SMILES string of the molecule is CC[C@H](C)NC(=O)O[C@@H]1CC[C@H](c2cc(NC(=O)c3cnn(C)c3)n[nH]2)C1. The molecule has 0 saturated heterocycles. The molecule has 9 nitrogen and oxygen atoms in total. The molecular weight excluding hydrogens is 348 g/mol. The zero-order valence-electron chi connectivity index (χ0n) is 15.9. The number of aromatic nitrogens is 4. The minimum absolute atomic E-state index is 0.101. The van der Waals surface area contributed by atoms with E-state index >= 15 is 0 Å². The van der Waals surface area contributed by atoms with E-state index in [1.807, 2.05) is 19.9 Å². The van der Waals surface area contributed by atoms with Crippen LogP contribution in [0.5, 0.6) is 0 Å². The molecule has 1 fully saturated rings. The Morgan fingerprint density at radius 2 is 2.26 bits per heavy atom. The van der Waals surface area contributed by atoms with Gasteiger partial charge in [-0.15, -0.1) is 0 Å². The van der Waals surface area contributed by atoms with Crippen molar-refractivity contribution in [3.63, 3.8) is 0 Å². The van der Waals surface area contributed by atoms with Gasteiger partial charge in [-0.2, -0.15) is 10.2 Å². The van der Waals surface area contributed by atoms with Crippen LogP contribution in [-0.2, 0) is 11.8 Å². The van der Waals surface area contributed by atoms with Crippen molar-refractivity contribution in [3.05, 3.63) is 29.7 Å². The zero-order valence-corrected chi connectivity index (χ0v) is 15.9. The van der Waals surface area contributed by atoms with E-state index in [4.69, 9.17) is 4.74 Å². The molecule has 1 saturated carbocycles. The average Bonchev–Trinajstić information content (AvgIpc) is 3.35. The van der Waals surface area contributed by atoms with Crippen LogP contribution in [0.4, 0.5) is 10.6 Å². The number of H-pyrrole nitrogens is 1. The zero-order chi connectivity index (χ0) is 19.4. The smallest absolute Gasteiger partial charge is 0.407 e. The summed E-state index contributed by atoms with van der Waals surface area (Å²) in [6.45, 7) is 3.96. The molecule has 2 amide bonds. The van der Waals surface area contributed by atoms with Crippen LogP contribution >= 0.6 is 0 Å². The number of anilines is 1. The molecular formula is C18H26N6O3. The first-order chi connectivity index (χ1) is 12.9. The van der Waals surface area contributed by atoms with Gasteiger partial charge < -0.3 is 15.4 Å². The fraction of sp³-hybridized carbons (Fsp3) is 0.556. The molecule has 3 atom stereocenters. The lowest BCUT2D eigenvalue weighted by Gasteiger charge is -2.16. The number of aromatic amines is 1. The quantitative estimate of drug-likeness (QED) is 0.719. The van der Waals surface area contributed by atoms with E-state index in [2.05, 4.69) is 25.9 Å². The highest BCUT2D eigenvalue weighted by molar-refractivity contribution is 6.03. The number of carbonyl (C=O) groups excluding carboxylic acids is 2. The fourth-order valence-electron chi connectivity index (χ4n) is 3.16. The minimum Gasteiger partial charge on any atom is -0.446 e. The van der Waals surface area contributed by atoms with Crippen molar-refractivity contribution in [1.82, 2.24) is 25.3 Å². The minimum atomic E-state index is -0.357. The maximum atomic E-state index is 12.2. The van der Waals surface area contributed by atoms with Gasteiger partial charge in [-0.05, 0) is 32.6 Å². The van der Waals surface area contributed by atoms with Crippen molar-refractivity contribution in [1.29, 1.82) is 0 Å². The van der Waals surface area contributed by atoms with Gasteiger partial charge in [-0.3, -0.25) is 14.6 Å². The van der Waals surface area contributed by atoms with E-state index in [1.54, 1.807) is 17.9 Å². The van der Waals surface area contributed by atoms with Gasteiger partial charge in [-0.1, -0.05) is 6.92 Å². The van der Waals surface area contributed by atoms with Gasteiger partial charge in [0.1, 0.15) is 6.10 Å². The molecule has 0 aromatic carbocycles. The second-order valence-corrected chi connectivity index (χ2v) is 7.06. The number of hydrogen-bond donors (Lipinski definition) is 3. The average molecular weight is 374 g/mol. The molecule has 146 valence electrons.